The van der Waals surface area contributed by atoms with Gasteiger partial charge in [0, 0.05) is 12.1 Å². The highest BCUT2D eigenvalue weighted by molar-refractivity contribution is 5.95. The van der Waals surface area contributed by atoms with E-state index in [1.807, 2.05) is 0 Å². The van der Waals surface area contributed by atoms with Gasteiger partial charge in [0.25, 0.3) is 11.6 Å². The molecule has 1 aromatic heterocycles. The Balaban J connectivity index is 1.58. The van der Waals surface area contributed by atoms with Gasteiger partial charge < -0.3 is 4.74 Å². The van der Waals surface area contributed by atoms with E-state index in [0.29, 0.717) is 11.3 Å². The number of nitrogens with one attached hydrogen (secondary N) is 1. The van der Waals surface area contributed by atoms with Gasteiger partial charge in [-0.2, -0.15) is 5.10 Å². The highest BCUT2D eigenvalue weighted by Gasteiger charge is 2.09. The second-order valence-corrected chi connectivity index (χ2v) is 5.46. The van der Waals surface area contributed by atoms with Gasteiger partial charge in [0.15, 0.2) is 0 Å². The summed E-state index contributed by atoms with van der Waals surface area (Å²) in [5.74, 6) is -0.604. The van der Waals surface area contributed by atoms with Gasteiger partial charge in [-0.05, 0) is 42.0 Å². The predicted octanol–water partition coefficient (Wildman–Crippen LogP) is 3.69. The summed E-state index contributed by atoms with van der Waals surface area (Å²) < 4.78 is 19.0. The Morgan fingerprint density at radius 3 is 2.54 bits per heavy atom. The number of carbonyl (C=O) groups excluding carboxylic acids is 1. The molecule has 140 valence electrons. The van der Waals surface area contributed by atoms with Crippen LogP contribution in [0.1, 0.15) is 15.9 Å². The van der Waals surface area contributed by atoms with E-state index in [4.69, 9.17) is 4.74 Å². The number of hydrogen-bond acceptors (Lipinski definition) is 6. The molecule has 0 atom stereocenters. The Hall–Kier alpha value is -4.14. The SMILES string of the molecule is O=C(N/N=C/c1ccc(Oc2ccc([N+](=O)[O-])cn2)cc1)c1ccccc1F. The van der Waals surface area contributed by atoms with Crippen molar-refractivity contribution in [2.24, 2.45) is 5.10 Å². The van der Waals surface area contributed by atoms with Crippen LogP contribution in [0, 0.1) is 15.9 Å². The molecule has 1 N–H and O–H groups in total. The van der Waals surface area contributed by atoms with Gasteiger partial charge in [0.05, 0.1) is 16.7 Å². The molecular formula is C19H13FN4O4. The summed E-state index contributed by atoms with van der Waals surface area (Å²) in [6.07, 6.45) is 2.50. The number of amides is 1. The quantitative estimate of drug-likeness (QED) is 0.399. The van der Waals surface area contributed by atoms with Crippen molar-refractivity contribution in [3.05, 3.63) is 93.9 Å². The zero-order valence-electron chi connectivity index (χ0n) is 14.3. The maximum Gasteiger partial charge on any atom is 0.287 e. The lowest BCUT2D eigenvalue weighted by Crippen LogP contribution is -2.18. The van der Waals surface area contributed by atoms with Crippen molar-refractivity contribution in [1.29, 1.82) is 0 Å². The summed E-state index contributed by atoms with van der Waals surface area (Å²) in [5, 5.41) is 14.4. The first kappa shape index (κ1) is 18.6. The fourth-order valence-corrected chi connectivity index (χ4v) is 2.15. The molecule has 0 spiro atoms. The van der Waals surface area contributed by atoms with Gasteiger partial charge in [-0.3, -0.25) is 14.9 Å². The monoisotopic (exact) mass is 380 g/mol. The first-order valence-electron chi connectivity index (χ1n) is 7.99. The molecule has 0 unspecified atom stereocenters. The summed E-state index contributed by atoms with van der Waals surface area (Å²) >= 11 is 0. The lowest BCUT2D eigenvalue weighted by Gasteiger charge is -2.04. The maximum atomic E-state index is 13.5. The van der Waals surface area contributed by atoms with Crippen LogP contribution in [0.5, 0.6) is 11.6 Å². The zero-order valence-corrected chi connectivity index (χ0v) is 14.3. The molecule has 0 aliphatic carbocycles. The highest BCUT2D eigenvalue weighted by Crippen LogP contribution is 2.21. The first-order valence-corrected chi connectivity index (χ1v) is 7.99. The Labute approximate surface area is 158 Å². The van der Waals surface area contributed by atoms with Crippen LogP contribution in [0.4, 0.5) is 10.1 Å². The van der Waals surface area contributed by atoms with Crippen molar-refractivity contribution in [3.8, 4) is 11.6 Å². The number of hydrogen-bond donors (Lipinski definition) is 1. The largest absolute Gasteiger partial charge is 0.439 e. The molecule has 1 heterocycles. The number of nitrogens with zero attached hydrogens (tertiary/aromatic N) is 3. The smallest absolute Gasteiger partial charge is 0.287 e. The maximum absolute atomic E-state index is 13.5. The van der Waals surface area contributed by atoms with E-state index in [9.17, 15) is 19.3 Å². The van der Waals surface area contributed by atoms with Crippen LogP contribution in [0.2, 0.25) is 0 Å². The Morgan fingerprint density at radius 1 is 1.14 bits per heavy atom. The number of ether oxygens (including phenoxy) is 1. The molecule has 0 fully saturated rings. The third-order valence-electron chi connectivity index (χ3n) is 3.53. The fourth-order valence-electron chi connectivity index (χ4n) is 2.15. The average molecular weight is 380 g/mol. The molecule has 0 radical (unpaired) electrons. The van der Waals surface area contributed by atoms with Gasteiger partial charge in [0.1, 0.15) is 17.8 Å². The van der Waals surface area contributed by atoms with E-state index < -0.39 is 16.6 Å². The summed E-state index contributed by atoms with van der Waals surface area (Å²) in [5.41, 5.74) is 2.69. The van der Waals surface area contributed by atoms with Gasteiger partial charge >= 0.3 is 0 Å². The lowest BCUT2D eigenvalue weighted by molar-refractivity contribution is -0.385. The van der Waals surface area contributed by atoms with Crippen LogP contribution >= 0.6 is 0 Å². The molecule has 3 rings (SSSR count). The van der Waals surface area contributed by atoms with E-state index in [0.717, 1.165) is 6.20 Å². The van der Waals surface area contributed by atoms with Gasteiger partial charge in [-0.25, -0.2) is 14.8 Å². The predicted molar refractivity (Wildman–Crippen MR) is 98.9 cm³/mol. The number of carbonyl (C=O) groups is 1. The first-order chi connectivity index (χ1) is 13.5. The standard InChI is InChI=1S/C19H13FN4O4/c20-17-4-2-1-3-16(17)19(25)23-22-11-13-5-8-15(9-6-13)28-18-10-7-14(12-21-18)24(26)27/h1-12H,(H,23,25)/b22-11+. The number of hydrazone groups is 1. The third kappa shape index (κ3) is 4.73. The van der Waals surface area contributed by atoms with Crippen LogP contribution in [0.15, 0.2) is 72.0 Å². The topological polar surface area (TPSA) is 107 Å². The van der Waals surface area contributed by atoms with Crippen molar-refractivity contribution in [2.75, 3.05) is 0 Å². The average Bonchev–Trinajstić information content (AvgIpc) is 2.70. The minimum absolute atomic E-state index is 0.0982. The molecule has 2 aromatic carbocycles. The fraction of sp³-hybridized carbons (Fsp3) is 0. The summed E-state index contributed by atoms with van der Waals surface area (Å²) in [4.78, 5) is 25.8. The minimum Gasteiger partial charge on any atom is -0.439 e. The number of rotatable bonds is 6. The zero-order chi connectivity index (χ0) is 19.9. The molecule has 0 saturated carbocycles. The van der Waals surface area contributed by atoms with Crippen molar-refractivity contribution in [1.82, 2.24) is 10.4 Å². The normalized spacial score (nSPS) is 10.6. The lowest BCUT2D eigenvalue weighted by atomic mass is 10.2. The number of nitro groups is 1. The number of benzene rings is 2. The summed E-state index contributed by atoms with van der Waals surface area (Å²) in [7, 11) is 0. The van der Waals surface area contributed by atoms with E-state index >= 15 is 0 Å². The van der Waals surface area contributed by atoms with E-state index in [-0.39, 0.29) is 17.1 Å². The van der Waals surface area contributed by atoms with E-state index in [1.165, 1.54) is 36.5 Å². The molecule has 1 amide bonds. The number of halogens is 1. The van der Waals surface area contributed by atoms with Gasteiger partial charge in [-0.15, -0.1) is 0 Å². The number of pyridine rings is 1. The Bertz CT molecular complexity index is 1020. The minimum atomic E-state index is -0.654. The Kier molecular flexibility index (Phi) is 5.66. The second kappa shape index (κ2) is 8.49. The van der Waals surface area contributed by atoms with Crippen LogP contribution in [0.3, 0.4) is 0 Å². The molecule has 8 nitrogen and oxygen atoms in total. The molecule has 9 heteroatoms. The van der Waals surface area contributed by atoms with Crippen LogP contribution in [0.25, 0.3) is 0 Å². The molecule has 28 heavy (non-hydrogen) atoms. The van der Waals surface area contributed by atoms with Crippen molar-refractivity contribution in [2.45, 2.75) is 0 Å². The summed E-state index contributed by atoms with van der Waals surface area (Å²) in [6.45, 7) is 0. The number of aromatic nitrogens is 1. The Morgan fingerprint density at radius 2 is 1.89 bits per heavy atom. The van der Waals surface area contributed by atoms with Crippen LogP contribution < -0.4 is 10.2 Å². The summed E-state index contributed by atoms with van der Waals surface area (Å²) in [6, 6.07) is 14.9. The molecule has 3 aromatic rings. The van der Waals surface area contributed by atoms with Crippen LogP contribution in [-0.4, -0.2) is 22.0 Å². The van der Waals surface area contributed by atoms with Crippen molar-refractivity contribution in [3.63, 3.8) is 0 Å². The van der Waals surface area contributed by atoms with Crippen molar-refractivity contribution >= 4 is 17.8 Å². The third-order valence-corrected chi connectivity index (χ3v) is 3.53. The van der Waals surface area contributed by atoms with E-state index in [1.54, 1.807) is 30.3 Å². The van der Waals surface area contributed by atoms with Crippen molar-refractivity contribution < 1.29 is 18.8 Å². The second-order valence-electron chi connectivity index (χ2n) is 5.46. The van der Waals surface area contributed by atoms with E-state index in [2.05, 4.69) is 15.5 Å². The molecular weight excluding hydrogens is 367 g/mol. The molecule has 0 aliphatic heterocycles. The van der Waals surface area contributed by atoms with Crippen LogP contribution in [-0.2, 0) is 0 Å². The molecule has 0 aliphatic rings. The highest BCUT2D eigenvalue weighted by atomic mass is 19.1. The van der Waals surface area contributed by atoms with Gasteiger partial charge in [-0.1, -0.05) is 12.1 Å². The molecule has 0 bridgehead atoms. The van der Waals surface area contributed by atoms with Gasteiger partial charge in [0.2, 0.25) is 5.88 Å². The molecule has 0 saturated heterocycles.